The van der Waals surface area contributed by atoms with Gasteiger partial charge in [0.1, 0.15) is 12.1 Å². The molecule has 1 aromatic rings. The smallest absolute Gasteiger partial charge is 0.325 e. The number of rotatable bonds is 4. The Kier molecular flexibility index (Phi) is 4.54. The molecule has 0 aliphatic rings. The van der Waals surface area contributed by atoms with Crippen molar-refractivity contribution in [2.45, 2.75) is 31.3 Å². The molecular weight excluding hydrogens is 268 g/mol. The van der Waals surface area contributed by atoms with Crippen LogP contribution in [0.15, 0.2) is 29.2 Å². The van der Waals surface area contributed by atoms with Crippen molar-refractivity contribution < 1.29 is 17.9 Å². The molecule has 19 heavy (non-hydrogen) atoms. The fourth-order valence-corrected chi connectivity index (χ4v) is 1.83. The first kappa shape index (κ1) is 15.5. The number of hydrogen-bond acceptors (Lipinski definition) is 5. The normalized spacial score (nSPS) is 12.0. The Morgan fingerprint density at radius 2 is 1.79 bits per heavy atom. The van der Waals surface area contributed by atoms with Gasteiger partial charge in [-0.1, -0.05) is 0 Å². The van der Waals surface area contributed by atoms with E-state index in [1.807, 2.05) is 0 Å². The highest BCUT2D eigenvalue weighted by Gasteiger charge is 2.15. The van der Waals surface area contributed by atoms with Crippen LogP contribution in [0.4, 0.5) is 5.69 Å². The van der Waals surface area contributed by atoms with Crippen molar-refractivity contribution in [2.24, 2.45) is 5.14 Å². The van der Waals surface area contributed by atoms with Gasteiger partial charge in [-0.3, -0.25) is 4.79 Å². The summed E-state index contributed by atoms with van der Waals surface area (Å²) in [5.74, 6) is -0.386. The van der Waals surface area contributed by atoms with Gasteiger partial charge >= 0.3 is 5.97 Å². The van der Waals surface area contributed by atoms with Gasteiger partial charge in [-0.05, 0) is 45.0 Å². The summed E-state index contributed by atoms with van der Waals surface area (Å²) in [4.78, 5) is 11.5. The van der Waals surface area contributed by atoms with Crippen molar-refractivity contribution in [1.82, 2.24) is 0 Å². The fourth-order valence-electron chi connectivity index (χ4n) is 1.31. The van der Waals surface area contributed by atoms with E-state index in [2.05, 4.69) is 5.32 Å². The Labute approximate surface area is 113 Å². The molecule has 6 nitrogen and oxygen atoms in total. The standard InChI is InChI=1S/C12H18N2O4S/c1-12(2,3)18-11(15)8-14-9-4-6-10(7-5-9)19(13,16)17/h4-7,14H,8H2,1-3H3,(H2,13,16,17). The molecule has 1 aromatic carbocycles. The van der Waals surface area contributed by atoms with Crippen LogP contribution in [0.5, 0.6) is 0 Å². The summed E-state index contributed by atoms with van der Waals surface area (Å²) in [6.07, 6.45) is 0. The number of carbonyl (C=O) groups excluding carboxylic acids is 1. The van der Waals surface area contributed by atoms with Crippen LogP contribution in [0.1, 0.15) is 20.8 Å². The lowest BCUT2D eigenvalue weighted by atomic mass is 10.2. The number of ether oxygens (including phenoxy) is 1. The highest BCUT2D eigenvalue weighted by molar-refractivity contribution is 7.89. The predicted molar refractivity (Wildman–Crippen MR) is 72.1 cm³/mol. The maximum Gasteiger partial charge on any atom is 0.325 e. The van der Waals surface area contributed by atoms with Crippen LogP contribution in [0, 0.1) is 0 Å². The summed E-state index contributed by atoms with van der Waals surface area (Å²) in [5.41, 5.74) is 0.0780. The molecule has 3 N–H and O–H groups in total. The molecule has 0 fully saturated rings. The van der Waals surface area contributed by atoms with Gasteiger partial charge in [-0.2, -0.15) is 0 Å². The first-order chi connectivity index (χ1) is 8.58. The largest absolute Gasteiger partial charge is 0.459 e. The number of anilines is 1. The fraction of sp³-hybridized carbons (Fsp3) is 0.417. The van der Waals surface area contributed by atoms with Crippen LogP contribution in [0.2, 0.25) is 0 Å². The van der Waals surface area contributed by atoms with Crippen molar-refractivity contribution in [2.75, 3.05) is 11.9 Å². The van der Waals surface area contributed by atoms with E-state index < -0.39 is 15.6 Å². The average Bonchev–Trinajstić information content (AvgIpc) is 2.23. The maximum absolute atomic E-state index is 11.5. The molecule has 0 aromatic heterocycles. The molecule has 0 unspecified atom stereocenters. The molecule has 0 saturated carbocycles. The topological polar surface area (TPSA) is 98.5 Å². The van der Waals surface area contributed by atoms with Crippen LogP contribution in [0.3, 0.4) is 0 Å². The Morgan fingerprint density at radius 3 is 2.21 bits per heavy atom. The van der Waals surface area contributed by atoms with E-state index in [0.29, 0.717) is 5.69 Å². The second-order valence-corrected chi connectivity index (χ2v) is 6.57. The molecule has 0 spiro atoms. The third-order valence-electron chi connectivity index (χ3n) is 2.04. The SMILES string of the molecule is CC(C)(C)OC(=O)CNc1ccc(S(N)(=O)=O)cc1. The highest BCUT2D eigenvalue weighted by Crippen LogP contribution is 2.13. The molecule has 0 amide bonds. The molecule has 0 bridgehead atoms. The number of esters is 1. The summed E-state index contributed by atoms with van der Waals surface area (Å²) in [6.45, 7) is 5.36. The molecule has 0 atom stereocenters. The summed E-state index contributed by atoms with van der Waals surface area (Å²) in [7, 11) is -3.69. The van der Waals surface area contributed by atoms with Gasteiger partial charge in [-0.25, -0.2) is 13.6 Å². The third kappa shape index (κ3) is 5.71. The minimum absolute atomic E-state index is 0.00594. The number of benzene rings is 1. The zero-order chi connectivity index (χ0) is 14.7. The Hall–Kier alpha value is -1.60. The van der Waals surface area contributed by atoms with Crippen LogP contribution in [-0.2, 0) is 19.6 Å². The number of primary sulfonamides is 1. The van der Waals surface area contributed by atoms with Crippen LogP contribution in [-0.4, -0.2) is 26.5 Å². The van der Waals surface area contributed by atoms with E-state index in [4.69, 9.17) is 9.88 Å². The Morgan fingerprint density at radius 1 is 1.26 bits per heavy atom. The summed E-state index contributed by atoms with van der Waals surface area (Å²) in [5, 5.41) is 7.81. The van der Waals surface area contributed by atoms with Gasteiger partial charge in [0, 0.05) is 5.69 Å². The lowest BCUT2D eigenvalue weighted by Gasteiger charge is -2.19. The first-order valence-electron chi connectivity index (χ1n) is 5.66. The molecule has 1 rings (SSSR count). The summed E-state index contributed by atoms with van der Waals surface area (Å²) < 4.78 is 27.2. The lowest BCUT2D eigenvalue weighted by Crippen LogP contribution is -2.28. The number of nitrogens with one attached hydrogen (secondary N) is 1. The van der Waals surface area contributed by atoms with Crippen molar-refractivity contribution in [3.05, 3.63) is 24.3 Å². The Balaban J connectivity index is 2.58. The zero-order valence-electron chi connectivity index (χ0n) is 11.1. The number of nitrogens with two attached hydrogens (primary N) is 1. The molecule has 0 aliphatic heterocycles. The first-order valence-corrected chi connectivity index (χ1v) is 7.21. The lowest BCUT2D eigenvalue weighted by molar-refractivity contribution is -0.152. The minimum Gasteiger partial charge on any atom is -0.459 e. The molecule has 0 aliphatic carbocycles. The minimum atomic E-state index is -3.69. The van der Waals surface area contributed by atoms with E-state index >= 15 is 0 Å². The second-order valence-electron chi connectivity index (χ2n) is 5.01. The monoisotopic (exact) mass is 286 g/mol. The number of hydrogen-bond donors (Lipinski definition) is 2. The quantitative estimate of drug-likeness (QED) is 0.807. The van der Waals surface area contributed by atoms with E-state index in [-0.39, 0.29) is 17.4 Å². The molecule has 0 saturated heterocycles. The Bertz CT molecular complexity index is 544. The predicted octanol–water partition coefficient (Wildman–Crippen LogP) is 1.09. The van der Waals surface area contributed by atoms with Crippen molar-refractivity contribution in [3.8, 4) is 0 Å². The second kappa shape index (κ2) is 5.58. The maximum atomic E-state index is 11.5. The summed E-state index contributed by atoms with van der Waals surface area (Å²) >= 11 is 0. The van der Waals surface area contributed by atoms with Crippen molar-refractivity contribution in [3.63, 3.8) is 0 Å². The van der Waals surface area contributed by atoms with Crippen LogP contribution in [0.25, 0.3) is 0 Å². The van der Waals surface area contributed by atoms with Crippen molar-refractivity contribution in [1.29, 1.82) is 0 Å². The highest BCUT2D eigenvalue weighted by atomic mass is 32.2. The summed E-state index contributed by atoms with van der Waals surface area (Å²) in [6, 6.07) is 5.80. The van der Waals surface area contributed by atoms with Crippen molar-refractivity contribution >= 4 is 21.7 Å². The average molecular weight is 286 g/mol. The molecule has 7 heteroatoms. The molecule has 106 valence electrons. The van der Waals surface area contributed by atoms with Gasteiger partial charge in [0.05, 0.1) is 4.90 Å². The van der Waals surface area contributed by atoms with E-state index in [9.17, 15) is 13.2 Å². The van der Waals surface area contributed by atoms with Gasteiger partial charge < -0.3 is 10.1 Å². The van der Waals surface area contributed by atoms with E-state index in [1.54, 1.807) is 20.8 Å². The number of carbonyl (C=O) groups is 1. The van der Waals surface area contributed by atoms with Gasteiger partial charge in [0.25, 0.3) is 0 Å². The van der Waals surface area contributed by atoms with E-state index in [0.717, 1.165) is 0 Å². The third-order valence-corrected chi connectivity index (χ3v) is 2.97. The zero-order valence-corrected chi connectivity index (χ0v) is 12.0. The van der Waals surface area contributed by atoms with Gasteiger partial charge in [-0.15, -0.1) is 0 Å². The number of sulfonamides is 1. The van der Waals surface area contributed by atoms with Gasteiger partial charge in [0.15, 0.2) is 0 Å². The molecule has 0 radical (unpaired) electrons. The molecule has 0 heterocycles. The molecular formula is C12H18N2O4S. The van der Waals surface area contributed by atoms with E-state index in [1.165, 1.54) is 24.3 Å². The van der Waals surface area contributed by atoms with Crippen LogP contribution >= 0.6 is 0 Å². The van der Waals surface area contributed by atoms with Crippen LogP contribution < -0.4 is 10.5 Å². The van der Waals surface area contributed by atoms with Gasteiger partial charge in [0.2, 0.25) is 10.0 Å².